The molecule has 2 heterocycles. The zero-order valence-corrected chi connectivity index (χ0v) is 18.5. The van der Waals surface area contributed by atoms with Crippen molar-refractivity contribution >= 4 is 22.6 Å². The third-order valence-corrected chi connectivity index (χ3v) is 5.32. The lowest BCUT2D eigenvalue weighted by molar-refractivity contribution is 0.165. The summed E-state index contributed by atoms with van der Waals surface area (Å²) in [6.45, 7) is 4.97. The van der Waals surface area contributed by atoms with Gasteiger partial charge in [-0.1, -0.05) is 23.8 Å². The molecule has 0 aliphatic carbocycles. The van der Waals surface area contributed by atoms with Gasteiger partial charge in [0, 0.05) is 31.6 Å². The highest BCUT2D eigenvalue weighted by Crippen LogP contribution is 2.25. The molecular weight excluding hydrogens is 392 g/mol. The van der Waals surface area contributed by atoms with E-state index in [0.717, 1.165) is 33.3 Å². The summed E-state index contributed by atoms with van der Waals surface area (Å²) in [5.41, 5.74) is 5.83. The van der Waals surface area contributed by atoms with Crippen LogP contribution in [0.15, 0.2) is 42.5 Å². The SMILES string of the molecule is COc1ccc(CN(Cc2cc3cc(C)cc(C)c3n3nnnc23)C(=O)N(C)C)cc1. The Morgan fingerprint density at radius 3 is 2.48 bits per heavy atom. The number of carbonyl (C=O) groups is 1. The second kappa shape index (κ2) is 8.22. The number of nitrogens with zero attached hydrogens (tertiary/aromatic N) is 6. The van der Waals surface area contributed by atoms with Crippen LogP contribution in [0.5, 0.6) is 5.75 Å². The van der Waals surface area contributed by atoms with Crippen LogP contribution >= 0.6 is 0 Å². The third kappa shape index (κ3) is 4.01. The minimum atomic E-state index is -0.0815. The molecule has 4 rings (SSSR count). The fraction of sp³-hybridized carbons (Fsp3) is 0.304. The largest absolute Gasteiger partial charge is 0.497 e. The average molecular weight is 419 g/mol. The summed E-state index contributed by atoms with van der Waals surface area (Å²) in [7, 11) is 5.15. The van der Waals surface area contributed by atoms with Gasteiger partial charge < -0.3 is 14.5 Å². The van der Waals surface area contributed by atoms with E-state index in [9.17, 15) is 4.79 Å². The monoisotopic (exact) mass is 418 g/mol. The van der Waals surface area contributed by atoms with E-state index in [-0.39, 0.29) is 6.03 Å². The van der Waals surface area contributed by atoms with Crippen molar-refractivity contribution in [2.45, 2.75) is 26.9 Å². The van der Waals surface area contributed by atoms with Crippen molar-refractivity contribution in [2.24, 2.45) is 0 Å². The molecule has 8 nitrogen and oxygen atoms in total. The Balaban J connectivity index is 1.76. The number of urea groups is 1. The molecule has 0 aliphatic heterocycles. The van der Waals surface area contributed by atoms with Gasteiger partial charge in [0.1, 0.15) is 5.75 Å². The molecule has 0 N–H and O–H groups in total. The van der Waals surface area contributed by atoms with Crippen molar-refractivity contribution in [3.63, 3.8) is 0 Å². The molecule has 0 atom stereocenters. The predicted octanol–water partition coefficient (Wildman–Crippen LogP) is 3.59. The van der Waals surface area contributed by atoms with E-state index in [1.807, 2.05) is 24.3 Å². The Morgan fingerprint density at radius 1 is 1.06 bits per heavy atom. The summed E-state index contributed by atoms with van der Waals surface area (Å²) < 4.78 is 7.01. The van der Waals surface area contributed by atoms with Gasteiger partial charge in [0.25, 0.3) is 0 Å². The van der Waals surface area contributed by atoms with E-state index in [1.54, 1.807) is 35.5 Å². The van der Waals surface area contributed by atoms with Crippen LogP contribution in [-0.2, 0) is 13.1 Å². The fourth-order valence-electron chi connectivity index (χ4n) is 3.93. The summed E-state index contributed by atoms with van der Waals surface area (Å²) in [6, 6.07) is 14.0. The third-order valence-electron chi connectivity index (χ3n) is 5.32. The van der Waals surface area contributed by atoms with Crippen LogP contribution in [0.4, 0.5) is 4.79 Å². The van der Waals surface area contributed by atoms with E-state index in [0.29, 0.717) is 18.7 Å². The molecule has 0 fully saturated rings. The number of ether oxygens (including phenoxy) is 1. The number of carbonyl (C=O) groups excluding carboxylic acids is 1. The zero-order chi connectivity index (χ0) is 22.1. The summed E-state index contributed by atoms with van der Waals surface area (Å²) >= 11 is 0. The minimum absolute atomic E-state index is 0.0815. The van der Waals surface area contributed by atoms with Gasteiger partial charge in [0.15, 0.2) is 5.65 Å². The molecule has 2 aromatic carbocycles. The molecule has 160 valence electrons. The maximum atomic E-state index is 13.0. The molecule has 0 unspecified atom stereocenters. The quantitative estimate of drug-likeness (QED) is 0.495. The molecule has 0 radical (unpaired) electrons. The Hall–Kier alpha value is -3.68. The molecule has 8 heteroatoms. The fourth-order valence-corrected chi connectivity index (χ4v) is 3.93. The topological polar surface area (TPSA) is 75.9 Å². The summed E-state index contributed by atoms with van der Waals surface area (Å²) in [5, 5.41) is 13.4. The van der Waals surface area contributed by atoms with E-state index in [1.165, 1.54) is 5.56 Å². The number of benzene rings is 2. The Bertz CT molecular complexity index is 1250. The number of pyridine rings is 1. The summed E-state index contributed by atoms with van der Waals surface area (Å²) in [4.78, 5) is 16.4. The van der Waals surface area contributed by atoms with Crippen LogP contribution in [0, 0.1) is 13.8 Å². The molecule has 0 bridgehead atoms. The maximum Gasteiger partial charge on any atom is 0.320 e. The van der Waals surface area contributed by atoms with Gasteiger partial charge in [-0.15, -0.1) is 5.10 Å². The lowest BCUT2D eigenvalue weighted by Crippen LogP contribution is -2.38. The van der Waals surface area contributed by atoms with Crippen molar-refractivity contribution in [1.29, 1.82) is 0 Å². The van der Waals surface area contributed by atoms with E-state index in [4.69, 9.17) is 4.74 Å². The number of tetrazole rings is 1. The van der Waals surface area contributed by atoms with E-state index >= 15 is 0 Å². The number of fused-ring (bicyclic) bond motifs is 3. The number of rotatable bonds is 5. The van der Waals surface area contributed by atoms with Crippen molar-refractivity contribution < 1.29 is 9.53 Å². The van der Waals surface area contributed by atoms with Crippen LogP contribution in [0.1, 0.15) is 22.3 Å². The second-order valence-electron chi connectivity index (χ2n) is 7.98. The van der Waals surface area contributed by atoms with Crippen molar-refractivity contribution in [2.75, 3.05) is 21.2 Å². The van der Waals surface area contributed by atoms with E-state index in [2.05, 4.69) is 47.6 Å². The first-order valence-corrected chi connectivity index (χ1v) is 10.1. The first-order chi connectivity index (χ1) is 14.9. The van der Waals surface area contributed by atoms with Crippen molar-refractivity contribution in [1.82, 2.24) is 29.8 Å². The molecule has 0 saturated carbocycles. The molecule has 0 aliphatic rings. The van der Waals surface area contributed by atoms with Gasteiger partial charge in [-0.05, 0) is 59.7 Å². The maximum absolute atomic E-state index is 13.0. The zero-order valence-electron chi connectivity index (χ0n) is 18.5. The van der Waals surface area contributed by atoms with Gasteiger partial charge in [0.2, 0.25) is 0 Å². The summed E-state index contributed by atoms with van der Waals surface area (Å²) in [6.07, 6.45) is 0. The Morgan fingerprint density at radius 2 is 1.81 bits per heavy atom. The Kier molecular flexibility index (Phi) is 5.46. The van der Waals surface area contributed by atoms with Crippen LogP contribution < -0.4 is 4.74 Å². The number of aryl methyl sites for hydroxylation is 2. The lowest BCUT2D eigenvalue weighted by atomic mass is 10.0. The molecule has 31 heavy (non-hydrogen) atoms. The highest BCUT2D eigenvalue weighted by molar-refractivity contribution is 5.86. The van der Waals surface area contributed by atoms with Crippen molar-refractivity contribution in [3.05, 3.63) is 64.7 Å². The second-order valence-corrected chi connectivity index (χ2v) is 7.98. The number of aromatic nitrogens is 4. The van der Waals surface area contributed by atoms with Gasteiger partial charge in [-0.3, -0.25) is 0 Å². The van der Waals surface area contributed by atoms with Gasteiger partial charge in [-0.2, -0.15) is 4.52 Å². The normalized spacial score (nSPS) is 11.1. The summed E-state index contributed by atoms with van der Waals surface area (Å²) in [5.74, 6) is 0.783. The van der Waals surface area contributed by atoms with Crippen LogP contribution in [0.2, 0.25) is 0 Å². The molecule has 2 amide bonds. The highest BCUT2D eigenvalue weighted by atomic mass is 16.5. The molecular formula is C23H26N6O2. The van der Waals surface area contributed by atoms with Gasteiger partial charge in [0.05, 0.1) is 19.2 Å². The smallest absolute Gasteiger partial charge is 0.320 e. The molecule has 0 saturated heterocycles. The highest BCUT2D eigenvalue weighted by Gasteiger charge is 2.20. The molecule has 0 spiro atoms. The number of methoxy groups -OCH3 is 1. The van der Waals surface area contributed by atoms with Crippen molar-refractivity contribution in [3.8, 4) is 5.75 Å². The lowest BCUT2D eigenvalue weighted by Gasteiger charge is -2.26. The average Bonchev–Trinajstić information content (AvgIpc) is 3.22. The minimum Gasteiger partial charge on any atom is -0.497 e. The number of amides is 2. The van der Waals surface area contributed by atoms with E-state index < -0.39 is 0 Å². The molecule has 2 aromatic heterocycles. The molecule has 4 aromatic rings. The standard InChI is InChI=1S/C23H26N6O2/c1-15-10-16(2)21-18(11-15)12-19(22-24-25-26-29(21)22)14-28(23(30)27(3)4)13-17-6-8-20(31-5)9-7-17/h6-12H,13-14H2,1-5H3. The van der Waals surface area contributed by atoms with Crippen LogP contribution in [0.25, 0.3) is 16.6 Å². The predicted molar refractivity (Wildman–Crippen MR) is 119 cm³/mol. The van der Waals surface area contributed by atoms with Crippen LogP contribution in [0.3, 0.4) is 0 Å². The number of hydrogen-bond donors (Lipinski definition) is 0. The van der Waals surface area contributed by atoms with Gasteiger partial charge >= 0.3 is 6.03 Å². The van der Waals surface area contributed by atoms with Crippen LogP contribution in [-0.4, -0.2) is 57.1 Å². The first kappa shape index (κ1) is 20.6. The van der Waals surface area contributed by atoms with Gasteiger partial charge in [-0.25, -0.2) is 4.79 Å². The Labute approximate surface area is 181 Å². The first-order valence-electron chi connectivity index (χ1n) is 10.1. The number of hydrogen-bond acceptors (Lipinski definition) is 5.